The number of sulfone groups is 1. The van der Waals surface area contributed by atoms with Gasteiger partial charge in [0.15, 0.2) is 0 Å². The first-order chi connectivity index (χ1) is 18.1. The highest BCUT2D eigenvalue weighted by atomic mass is 32.2. The van der Waals surface area contributed by atoms with E-state index < -0.39 is 21.6 Å². The standard InChI is InChI=1S/C26H22F3N5O3S/c27-26(28,29)19-6-8-20(9-7-19)32-22-5-1-4-18-15-34(12-10-21(18)22)24(35)23-14-31-25(33-23)38(36,37)16-17-3-2-11-30-13-17/h1-9,11,13-14,32H,10,12,15-16H2,(H,31,33). The maximum Gasteiger partial charge on any atom is 0.416 e. The lowest BCUT2D eigenvalue weighted by molar-refractivity contribution is -0.137. The Balaban J connectivity index is 1.29. The molecule has 0 unspecified atom stereocenters. The van der Waals surface area contributed by atoms with Crippen LogP contribution in [0, 0.1) is 0 Å². The number of hydrogen-bond donors (Lipinski definition) is 2. The van der Waals surface area contributed by atoms with E-state index in [2.05, 4.69) is 20.3 Å². The molecule has 1 aliphatic rings. The summed E-state index contributed by atoms with van der Waals surface area (Å²) < 4.78 is 64.0. The quantitative estimate of drug-likeness (QED) is 0.365. The van der Waals surface area contributed by atoms with Gasteiger partial charge in [0.05, 0.1) is 17.5 Å². The van der Waals surface area contributed by atoms with Gasteiger partial charge in [0.2, 0.25) is 15.0 Å². The van der Waals surface area contributed by atoms with E-state index in [0.717, 1.165) is 28.9 Å². The van der Waals surface area contributed by atoms with Crippen LogP contribution in [0.1, 0.15) is 32.7 Å². The van der Waals surface area contributed by atoms with Gasteiger partial charge >= 0.3 is 6.18 Å². The van der Waals surface area contributed by atoms with Gasteiger partial charge in [0.1, 0.15) is 5.69 Å². The Morgan fingerprint density at radius 2 is 1.84 bits per heavy atom. The summed E-state index contributed by atoms with van der Waals surface area (Å²) in [6.07, 6.45) is 0.323. The summed E-state index contributed by atoms with van der Waals surface area (Å²) in [5.74, 6) is -0.680. The first-order valence-corrected chi connectivity index (χ1v) is 13.3. The van der Waals surface area contributed by atoms with Crippen molar-refractivity contribution in [2.24, 2.45) is 0 Å². The molecular formula is C26H22F3N5O3S. The van der Waals surface area contributed by atoms with E-state index in [1.54, 1.807) is 29.3 Å². The van der Waals surface area contributed by atoms with Crippen LogP contribution in [0.5, 0.6) is 0 Å². The number of rotatable bonds is 6. The van der Waals surface area contributed by atoms with Crippen molar-refractivity contribution in [2.75, 3.05) is 11.9 Å². The molecule has 0 saturated carbocycles. The second-order valence-corrected chi connectivity index (χ2v) is 10.7. The van der Waals surface area contributed by atoms with E-state index in [1.807, 2.05) is 12.1 Å². The van der Waals surface area contributed by atoms with Crippen molar-refractivity contribution in [3.8, 4) is 0 Å². The molecule has 3 heterocycles. The lowest BCUT2D eigenvalue weighted by Gasteiger charge is -2.30. The SMILES string of the molecule is O=C(c1cnc(S(=O)(=O)Cc2cccnc2)[nH]1)N1CCc2c(cccc2Nc2ccc(C(F)(F)F)cc2)C1. The molecule has 2 aromatic heterocycles. The number of anilines is 2. The zero-order valence-corrected chi connectivity index (χ0v) is 20.7. The number of alkyl halides is 3. The molecule has 2 N–H and O–H groups in total. The summed E-state index contributed by atoms with van der Waals surface area (Å²) in [5.41, 5.74) is 2.95. The fourth-order valence-electron chi connectivity index (χ4n) is 4.31. The predicted molar refractivity (Wildman–Crippen MR) is 133 cm³/mol. The van der Waals surface area contributed by atoms with Gasteiger partial charge in [-0.05, 0) is 59.5 Å². The third kappa shape index (κ3) is 5.40. The number of halogens is 3. The van der Waals surface area contributed by atoms with Gasteiger partial charge in [-0.15, -0.1) is 0 Å². The van der Waals surface area contributed by atoms with E-state index in [1.165, 1.54) is 24.5 Å². The fourth-order valence-corrected chi connectivity index (χ4v) is 5.53. The Kier molecular flexibility index (Phi) is 6.66. The second-order valence-electron chi connectivity index (χ2n) is 8.84. The van der Waals surface area contributed by atoms with Crippen LogP contribution < -0.4 is 5.32 Å². The van der Waals surface area contributed by atoms with Crippen LogP contribution in [0.15, 0.2) is 78.3 Å². The minimum absolute atomic E-state index is 0.0669. The van der Waals surface area contributed by atoms with Crippen molar-refractivity contribution in [3.63, 3.8) is 0 Å². The molecule has 38 heavy (non-hydrogen) atoms. The number of fused-ring (bicyclic) bond motifs is 1. The molecule has 0 saturated heterocycles. The van der Waals surface area contributed by atoms with Gasteiger partial charge in [-0.1, -0.05) is 18.2 Å². The monoisotopic (exact) mass is 541 g/mol. The number of benzene rings is 2. The van der Waals surface area contributed by atoms with Crippen molar-refractivity contribution >= 4 is 27.1 Å². The molecule has 0 radical (unpaired) electrons. The lowest BCUT2D eigenvalue weighted by atomic mass is 9.97. The number of carbonyl (C=O) groups is 1. The third-order valence-electron chi connectivity index (χ3n) is 6.20. The van der Waals surface area contributed by atoms with E-state index >= 15 is 0 Å². The van der Waals surface area contributed by atoms with Crippen molar-refractivity contribution in [2.45, 2.75) is 30.1 Å². The van der Waals surface area contributed by atoms with Crippen molar-refractivity contribution in [1.82, 2.24) is 19.9 Å². The first kappa shape index (κ1) is 25.5. The second kappa shape index (κ2) is 9.93. The highest BCUT2D eigenvalue weighted by Crippen LogP contribution is 2.32. The van der Waals surface area contributed by atoms with Gasteiger partial charge < -0.3 is 15.2 Å². The molecule has 0 fully saturated rings. The van der Waals surface area contributed by atoms with E-state index in [9.17, 15) is 26.4 Å². The molecule has 0 bridgehead atoms. The number of H-pyrrole nitrogens is 1. The molecule has 8 nitrogen and oxygen atoms in total. The first-order valence-electron chi connectivity index (χ1n) is 11.6. The number of nitrogens with one attached hydrogen (secondary N) is 2. The summed E-state index contributed by atoms with van der Waals surface area (Å²) in [7, 11) is -3.80. The molecule has 1 amide bonds. The smallest absolute Gasteiger partial charge is 0.355 e. The predicted octanol–water partition coefficient (Wildman–Crippen LogP) is 4.74. The number of hydrogen-bond acceptors (Lipinski definition) is 6. The molecule has 2 aromatic carbocycles. The molecule has 12 heteroatoms. The van der Waals surface area contributed by atoms with Crippen molar-refractivity contribution < 1.29 is 26.4 Å². The molecule has 0 spiro atoms. The van der Waals surface area contributed by atoms with E-state index in [4.69, 9.17) is 0 Å². The van der Waals surface area contributed by atoms with Gasteiger partial charge in [-0.25, -0.2) is 13.4 Å². The molecule has 4 aromatic rings. The third-order valence-corrected chi connectivity index (χ3v) is 7.71. The minimum atomic E-state index is -4.40. The summed E-state index contributed by atoms with van der Waals surface area (Å²) in [5, 5.41) is 2.88. The molecule has 1 aliphatic heterocycles. The Hall–Kier alpha value is -4.19. The number of imidazole rings is 1. The van der Waals surface area contributed by atoms with Crippen LogP contribution in [0.2, 0.25) is 0 Å². The van der Waals surface area contributed by atoms with Crippen LogP contribution in [-0.4, -0.2) is 40.7 Å². The maximum atomic E-state index is 13.1. The van der Waals surface area contributed by atoms with Crippen LogP contribution in [0.3, 0.4) is 0 Å². The Bertz CT molecular complexity index is 1570. The zero-order valence-electron chi connectivity index (χ0n) is 19.9. The largest absolute Gasteiger partial charge is 0.416 e. The highest BCUT2D eigenvalue weighted by molar-refractivity contribution is 7.90. The molecular weight excluding hydrogens is 519 g/mol. The van der Waals surface area contributed by atoms with Crippen LogP contribution in [-0.2, 0) is 34.7 Å². The van der Waals surface area contributed by atoms with Crippen LogP contribution in [0.4, 0.5) is 24.5 Å². The summed E-state index contributed by atoms with van der Waals surface area (Å²) >= 11 is 0. The zero-order chi connectivity index (χ0) is 26.9. The molecule has 0 atom stereocenters. The summed E-state index contributed by atoms with van der Waals surface area (Å²) in [6.45, 7) is 0.655. The molecule has 5 rings (SSSR count). The molecule has 0 aliphatic carbocycles. The number of aromatic amines is 1. The van der Waals surface area contributed by atoms with Gasteiger partial charge in [-0.3, -0.25) is 9.78 Å². The number of carbonyl (C=O) groups excluding carboxylic acids is 1. The Labute approximate surface area is 216 Å². The molecule has 196 valence electrons. The highest BCUT2D eigenvalue weighted by Gasteiger charge is 2.30. The Morgan fingerprint density at radius 1 is 1.05 bits per heavy atom. The minimum Gasteiger partial charge on any atom is -0.355 e. The number of nitrogens with zero attached hydrogens (tertiary/aromatic N) is 3. The van der Waals surface area contributed by atoms with Crippen LogP contribution >= 0.6 is 0 Å². The number of pyridine rings is 1. The van der Waals surface area contributed by atoms with Crippen LogP contribution in [0.25, 0.3) is 0 Å². The summed E-state index contributed by atoms with van der Waals surface area (Å²) in [6, 6.07) is 13.6. The number of aromatic nitrogens is 3. The normalized spacial score (nSPS) is 13.7. The van der Waals surface area contributed by atoms with Crippen molar-refractivity contribution in [3.05, 3.63) is 101 Å². The average molecular weight is 542 g/mol. The van der Waals surface area contributed by atoms with E-state index in [0.29, 0.717) is 24.2 Å². The van der Waals surface area contributed by atoms with E-state index in [-0.39, 0.29) is 29.1 Å². The van der Waals surface area contributed by atoms with Gasteiger partial charge in [-0.2, -0.15) is 13.2 Å². The number of amides is 1. The lowest BCUT2D eigenvalue weighted by Crippen LogP contribution is -2.36. The summed E-state index contributed by atoms with van der Waals surface area (Å²) in [4.78, 5) is 25.2. The average Bonchev–Trinajstić information content (AvgIpc) is 3.40. The maximum absolute atomic E-state index is 13.1. The topological polar surface area (TPSA) is 108 Å². The Morgan fingerprint density at radius 3 is 2.55 bits per heavy atom. The van der Waals surface area contributed by atoms with Crippen molar-refractivity contribution in [1.29, 1.82) is 0 Å². The van der Waals surface area contributed by atoms with Gasteiger partial charge in [0, 0.05) is 36.9 Å². The van der Waals surface area contributed by atoms with Gasteiger partial charge in [0.25, 0.3) is 5.91 Å². The fraction of sp³-hybridized carbons (Fsp3) is 0.192.